The van der Waals surface area contributed by atoms with Crippen LogP contribution in [0.3, 0.4) is 0 Å². The van der Waals surface area contributed by atoms with E-state index in [-0.39, 0.29) is 11.1 Å². The molecular formula is C6H8N6O2S. The third-order valence-corrected chi connectivity index (χ3v) is 1.63. The number of nitro groups is 1. The van der Waals surface area contributed by atoms with Crippen molar-refractivity contribution in [1.29, 1.82) is 0 Å². The third-order valence-electron chi connectivity index (χ3n) is 1.53. The van der Waals surface area contributed by atoms with Crippen molar-refractivity contribution < 1.29 is 4.92 Å². The van der Waals surface area contributed by atoms with Gasteiger partial charge < -0.3 is 15.8 Å². The highest BCUT2D eigenvalue weighted by Crippen LogP contribution is 2.08. The number of hydrazone groups is 1. The highest BCUT2D eigenvalue weighted by atomic mass is 32.1. The minimum absolute atomic E-state index is 0.0166. The molecule has 0 aromatic carbocycles. The molecule has 8 nitrogen and oxygen atoms in total. The molecule has 0 aliphatic heterocycles. The van der Waals surface area contributed by atoms with Gasteiger partial charge in [-0.3, -0.25) is 5.43 Å². The average molecular weight is 228 g/mol. The van der Waals surface area contributed by atoms with Crippen LogP contribution in [0.1, 0.15) is 5.69 Å². The summed E-state index contributed by atoms with van der Waals surface area (Å²) >= 11 is 4.51. The zero-order valence-electron chi connectivity index (χ0n) is 7.75. The first kappa shape index (κ1) is 11.0. The van der Waals surface area contributed by atoms with Gasteiger partial charge in [-0.15, -0.1) is 0 Å². The molecule has 9 heteroatoms. The molecule has 0 atom stereocenters. The molecule has 1 rings (SSSR count). The van der Waals surface area contributed by atoms with Crippen molar-refractivity contribution >= 4 is 29.5 Å². The SMILES string of the molecule is Cn1c(C=NNC(N)=S)cnc1[N+](=O)[O-]. The van der Waals surface area contributed by atoms with Crippen molar-refractivity contribution in [1.82, 2.24) is 15.0 Å². The molecule has 1 aromatic rings. The van der Waals surface area contributed by atoms with Gasteiger partial charge in [0.15, 0.2) is 10.8 Å². The molecule has 0 saturated heterocycles. The van der Waals surface area contributed by atoms with Crippen molar-refractivity contribution in [2.24, 2.45) is 17.9 Å². The van der Waals surface area contributed by atoms with Crippen LogP contribution in [0.4, 0.5) is 5.95 Å². The normalized spacial score (nSPS) is 10.5. The smallest absolute Gasteiger partial charge is 0.390 e. The van der Waals surface area contributed by atoms with Gasteiger partial charge in [0.1, 0.15) is 6.20 Å². The Kier molecular flexibility index (Phi) is 3.29. The first-order valence-corrected chi connectivity index (χ1v) is 4.18. The minimum atomic E-state index is -0.585. The molecule has 0 saturated carbocycles. The van der Waals surface area contributed by atoms with Crippen LogP contribution >= 0.6 is 12.2 Å². The van der Waals surface area contributed by atoms with Crippen LogP contribution in [0.25, 0.3) is 0 Å². The van der Waals surface area contributed by atoms with Gasteiger partial charge in [-0.1, -0.05) is 4.98 Å². The number of hydrogen-bond acceptors (Lipinski definition) is 5. The molecule has 0 aliphatic rings. The lowest BCUT2D eigenvalue weighted by atomic mass is 10.5. The number of nitrogens with one attached hydrogen (secondary N) is 1. The summed E-state index contributed by atoms with van der Waals surface area (Å²) in [5.41, 5.74) is 7.91. The van der Waals surface area contributed by atoms with Crippen LogP contribution in [-0.4, -0.2) is 25.8 Å². The quantitative estimate of drug-likeness (QED) is 0.312. The third kappa shape index (κ3) is 2.71. The Labute approximate surface area is 89.9 Å². The van der Waals surface area contributed by atoms with Gasteiger partial charge in [0, 0.05) is 0 Å². The maximum absolute atomic E-state index is 10.4. The van der Waals surface area contributed by atoms with Crippen LogP contribution < -0.4 is 11.2 Å². The zero-order chi connectivity index (χ0) is 11.4. The van der Waals surface area contributed by atoms with Gasteiger partial charge in [0.25, 0.3) is 0 Å². The molecular weight excluding hydrogens is 220 g/mol. The van der Waals surface area contributed by atoms with E-state index < -0.39 is 4.92 Å². The van der Waals surface area contributed by atoms with Crippen LogP contribution in [0.5, 0.6) is 0 Å². The zero-order valence-corrected chi connectivity index (χ0v) is 8.56. The standard InChI is InChI=1S/C6H8N6O2S/c1-11-4(3-9-10-5(7)15)2-8-6(11)12(13)14/h2-3H,1H3,(H3,7,10,15). The summed E-state index contributed by atoms with van der Waals surface area (Å²) in [5.74, 6) is -0.258. The second-order valence-corrected chi connectivity index (χ2v) is 2.97. The summed E-state index contributed by atoms with van der Waals surface area (Å²) < 4.78 is 1.28. The molecule has 0 spiro atoms. The first-order valence-electron chi connectivity index (χ1n) is 3.77. The summed E-state index contributed by atoms with van der Waals surface area (Å²) in [4.78, 5) is 13.4. The van der Waals surface area contributed by atoms with E-state index in [0.29, 0.717) is 5.69 Å². The molecule has 0 bridgehead atoms. The second-order valence-electron chi connectivity index (χ2n) is 2.53. The van der Waals surface area contributed by atoms with E-state index in [1.165, 1.54) is 24.0 Å². The summed E-state index contributed by atoms with van der Waals surface area (Å²) in [7, 11) is 1.51. The fourth-order valence-electron chi connectivity index (χ4n) is 0.864. The van der Waals surface area contributed by atoms with E-state index >= 15 is 0 Å². The Bertz CT molecular complexity index is 425. The second kappa shape index (κ2) is 4.46. The number of nitrogens with two attached hydrogens (primary N) is 1. The van der Waals surface area contributed by atoms with Gasteiger partial charge in [-0.25, -0.2) is 4.57 Å². The topological polar surface area (TPSA) is 111 Å². The molecule has 0 aliphatic carbocycles. The highest BCUT2D eigenvalue weighted by Gasteiger charge is 2.15. The van der Waals surface area contributed by atoms with Gasteiger partial charge >= 0.3 is 5.95 Å². The molecule has 0 fully saturated rings. The monoisotopic (exact) mass is 228 g/mol. The Morgan fingerprint density at radius 1 is 1.93 bits per heavy atom. The lowest BCUT2D eigenvalue weighted by Crippen LogP contribution is -2.24. The Balaban J connectivity index is 2.83. The van der Waals surface area contributed by atoms with Crippen LogP contribution in [0, 0.1) is 10.1 Å². The number of thiocarbonyl (C=S) groups is 1. The van der Waals surface area contributed by atoms with Crippen molar-refractivity contribution in [3.63, 3.8) is 0 Å². The van der Waals surface area contributed by atoms with Crippen LogP contribution in [-0.2, 0) is 7.05 Å². The Hall–Kier alpha value is -2.03. The number of aromatic nitrogens is 2. The predicted octanol–water partition coefficient (Wildman–Crippen LogP) is -0.505. The Morgan fingerprint density at radius 3 is 3.07 bits per heavy atom. The van der Waals surface area contributed by atoms with Crippen LogP contribution in [0.15, 0.2) is 11.3 Å². The highest BCUT2D eigenvalue weighted by molar-refractivity contribution is 7.80. The van der Waals surface area contributed by atoms with Crippen molar-refractivity contribution in [2.75, 3.05) is 0 Å². The van der Waals surface area contributed by atoms with Gasteiger partial charge in [0.05, 0.1) is 13.3 Å². The van der Waals surface area contributed by atoms with Crippen molar-refractivity contribution in [3.05, 3.63) is 22.0 Å². The molecule has 80 valence electrons. The summed E-state index contributed by atoms with van der Waals surface area (Å²) in [6, 6.07) is 0. The summed E-state index contributed by atoms with van der Waals surface area (Å²) in [6.45, 7) is 0. The molecule has 0 unspecified atom stereocenters. The molecule has 0 amide bonds. The maximum atomic E-state index is 10.4. The van der Waals surface area contributed by atoms with Crippen molar-refractivity contribution in [3.8, 4) is 0 Å². The number of imidazole rings is 1. The van der Waals surface area contributed by atoms with Crippen molar-refractivity contribution in [2.45, 2.75) is 0 Å². The van der Waals surface area contributed by atoms with Gasteiger partial charge in [0.2, 0.25) is 0 Å². The van der Waals surface area contributed by atoms with E-state index in [1.807, 2.05) is 0 Å². The van der Waals surface area contributed by atoms with Gasteiger partial charge in [-0.05, 0) is 17.1 Å². The molecule has 3 N–H and O–H groups in total. The number of rotatable bonds is 3. The predicted molar refractivity (Wildman–Crippen MR) is 57.4 cm³/mol. The number of nitrogens with zero attached hydrogens (tertiary/aromatic N) is 4. The van der Waals surface area contributed by atoms with Gasteiger partial charge in [-0.2, -0.15) is 5.10 Å². The summed E-state index contributed by atoms with van der Waals surface area (Å²) in [6.07, 6.45) is 2.65. The van der Waals surface area contributed by atoms with E-state index in [4.69, 9.17) is 5.73 Å². The van der Waals surface area contributed by atoms with E-state index in [0.717, 1.165) is 0 Å². The largest absolute Gasteiger partial charge is 0.434 e. The van der Waals surface area contributed by atoms with E-state index in [2.05, 4.69) is 27.7 Å². The fourth-order valence-corrected chi connectivity index (χ4v) is 0.917. The van der Waals surface area contributed by atoms with E-state index in [9.17, 15) is 10.1 Å². The van der Waals surface area contributed by atoms with E-state index in [1.54, 1.807) is 0 Å². The molecule has 1 aromatic heterocycles. The number of hydrogen-bond donors (Lipinski definition) is 2. The Morgan fingerprint density at radius 2 is 2.60 bits per heavy atom. The first-order chi connectivity index (χ1) is 7.02. The maximum Gasteiger partial charge on any atom is 0.434 e. The molecule has 0 radical (unpaired) electrons. The lowest BCUT2D eigenvalue weighted by Gasteiger charge is -1.95. The molecule has 15 heavy (non-hydrogen) atoms. The average Bonchev–Trinajstić information content (AvgIpc) is 2.47. The fraction of sp³-hybridized carbons (Fsp3) is 0.167. The van der Waals surface area contributed by atoms with Crippen LogP contribution in [0.2, 0.25) is 0 Å². The minimum Gasteiger partial charge on any atom is -0.390 e. The molecule has 1 heterocycles. The summed E-state index contributed by atoms with van der Waals surface area (Å²) in [5, 5.41) is 14.1. The lowest BCUT2D eigenvalue weighted by molar-refractivity contribution is -0.396.